The molecule has 0 atom stereocenters. The van der Waals surface area contributed by atoms with Crippen molar-refractivity contribution in [2.75, 3.05) is 17.7 Å². The van der Waals surface area contributed by atoms with Gasteiger partial charge >= 0.3 is 0 Å². The van der Waals surface area contributed by atoms with E-state index in [0.29, 0.717) is 5.92 Å². The van der Waals surface area contributed by atoms with Crippen LogP contribution >= 0.6 is 0 Å². The van der Waals surface area contributed by atoms with Gasteiger partial charge in [0.15, 0.2) is 0 Å². The minimum atomic E-state index is 0.298. The fourth-order valence-corrected chi connectivity index (χ4v) is 1.70. The smallest absolute Gasteiger partial charge is 0.136 e. The van der Waals surface area contributed by atoms with Gasteiger partial charge in [-0.1, -0.05) is 31.5 Å². The van der Waals surface area contributed by atoms with Crippen molar-refractivity contribution in [1.29, 1.82) is 0 Å². The topological polar surface area (TPSA) is 49.8 Å². The molecule has 100 valence electrons. The molecule has 1 heterocycles. The molecule has 2 N–H and O–H groups in total. The number of rotatable bonds is 4. The third-order valence-electron chi connectivity index (χ3n) is 2.84. The van der Waals surface area contributed by atoms with Crippen LogP contribution in [0.3, 0.4) is 0 Å². The molecule has 0 spiro atoms. The maximum absolute atomic E-state index is 4.54. The van der Waals surface area contributed by atoms with Crippen LogP contribution < -0.4 is 10.6 Å². The predicted molar refractivity (Wildman–Crippen MR) is 80.1 cm³/mol. The van der Waals surface area contributed by atoms with Gasteiger partial charge in [0.25, 0.3) is 0 Å². The lowest BCUT2D eigenvalue weighted by Gasteiger charge is -2.11. The largest absolute Gasteiger partial charge is 0.373 e. The normalized spacial score (nSPS) is 10.6. The molecule has 2 rings (SSSR count). The van der Waals surface area contributed by atoms with Gasteiger partial charge in [0, 0.05) is 24.7 Å². The summed E-state index contributed by atoms with van der Waals surface area (Å²) in [5.74, 6) is 2.77. The number of hydrogen-bond donors (Lipinski definition) is 2. The molecule has 19 heavy (non-hydrogen) atoms. The van der Waals surface area contributed by atoms with Gasteiger partial charge in [-0.05, 0) is 19.1 Å². The maximum Gasteiger partial charge on any atom is 0.136 e. The van der Waals surface area contributed by atoms with E-state index in [1.165, 1.54) is 5.56 Å². The van der Waals surface area contributed by atoms with Crippen molar-refractivity contribution in [3.8, 4) is 0 Å². The first-order valence-corrected chi connectivity index (χ1v) is 6.49. The number of anilines is 3. The van der Waals surface area contributed by atoms with Gasteiger partial charge in [-0.2, -0.15) is 0 Å². The molecule has 0 radical (unpaired) electrons. The van der Waals surface area contributed by atoms with Gasteiger partial charge in [-0.15, -0.1) is 0 Å². The fraction of sp³-hybridized carbons (Fsp3) is 0.333. The first kappa shape index (κ1) is 13.3. The van der Waals surface area contributed by atoms with Gasteiger partial charge in [0.2, 0.25) is 0 Å². The zero-order valence-corrected chi connectivity index (χ0v) is 11.9. The van der Waals surface area contributed by atoms with E-state index in [0.717, 1.165) is 23.1 Å². The Labute approximate surface area is 114 Å². The molecule has 1 aromatic heterocycles. The Morgan fingerprint density at radius 1 is 1.00 bits per heavy atom. The van der Waals surface area contributed by atoms with Crippen molar-refractivity contribution in [3.63, 3.8) is 0 Å². The molecule has 2 aromatic rings. The highest BCUT2D eigenvalue weighted by Gasteiger charge is 2.07. The van der Waals surface area contributed by atoms with Crippen LogP contribution in [0.2, 0.25) is 0 Å². The zero-order chi connectivity index (χ0) is 13.8. The van der Waals surface area contributed by atoms with Crippen molar-refractivity contribution in [2.45, 2.75) is 26.7 Å². The second-order valence-electron chi connectivity index (χ2n) is 4.89. The molecule has 0 aliphatic rings. The molecule has 0 saturated heterocycles. The molecule has 1 aromatic carbocycles. The molecule has 0 fully saturated rings. The lowest BCUT2D eigenvalue weighted by molar-refractivity contribution is 0.778. The number of nitrogens with one attached hydrogen (secondary N) is 2. The minimum Gasteiger partial charge on any atom is -0.373 e. The van der Waals surface area contributed by atoms with Crippen LogP contribution in [0, 0.1) is 6.92 Å². The Balaban J connectivity index is 2.28. The number of aromatic nitrogens is 2. The Hall–Kier alpha value is -2.10. The molecule has 0 amide bonds. The molecule has 4 heteroatoms. The van der Waals surface area contributed by atoms with Crippen LogP contribution in [-0.4, -0.2) is 17.0 Å². The Kier molecular flexibility index (Phi) is 4.00. The molecule has 4 nitrogen and oxygen atoms in total. The average molecular weight is 256 g/mol. The van der Waals surface area contributed by atoms with Gasteiger partial charge in [-0.25, -0.2) is 9.97 Å². The maximum atomic E-state index is 4.54. The van der Waals surface area contributed by atoms with Crippen LogP contribution in [0.15, 0.2) is 30.3 Å². The zero-order valence-electron chi connectivity index (χ0n) is 11.9. The number of nitrogens with zero attached hydrogens (tertiary/aromatic N) is 2. The van der Waals surface area contributed by atoms with Gasteiger partial charge in [0.1, 0.15) is 17.5 Å². The molecule has 0 unspecified atom stereocenters. The van der Waals surface area contributed by atoms with Gasteiger partial charge in [0.05, 0.1) is 0 Å². The summed E-state index contributed by atoms with van der Waals surface area (Å²) in [5.41, 5.74) is 2.27. The summed E-state index contributed by atoms with van der Waals surface area (Å²) in [7, 11) is 1.86. The summed E-state index contributed by atoms with van der Waals surface area (Å²) in [6, 6.07) is 10.2. The van der Waals surface area contributed by atoms with Crippen LogP contribution in [0.4, 0.5) is 17.3 Å². The summed E-state index contributed by atoms with van der Waals surface area (Å²) in [5, 5.41) is 6.38. The van der Waals surface area contributed by atoms with Crippen molar-refractivity contribution in [3.05, 3.63) is 41.7 Å². The number of benzene rings is 1. The second-order valence-corrected chi connectivity index (χ2v) is 4.89. The molecule has 0 aliphatic heterocycles. The van der Waals surface area contributed by atoms with E-state index in [1.807, 2.05) is 25.2 Å². The van der Waals surface area contributed by atoms with E-state index in [2.05, 4.69) is 53.5 Å². The Morgan fingerprint density at radius 3 is 2.21 bits per heavy atom. The van der Waals surface area contributed by atoms with Crippen LogP contribution in [0.1, 0.15) is 31.2 Å². The molecule has 0 saturated carbocycles. The van der Waals surface area contributed by atoms with Crippen molar-refractivity contribution < 1.29 is 0 Å². The standard InChI is InChI=1S/C15H20N4/c1-10(2)15-18-13(16-4)9-14(19-15)17-12-7-5-11(3)6-8-12/h5-10H,1-4H3,(H2,16,17,18,19). The van der Waals surface area contributed by atoms with E-state index in [-0.39, 0.29) is 0 Å². The summed E-state index contributed by atoms with van der Waals surface area (Å²) in [6.07, 6.45) is 0. The summed E-state index contributed by atoms with van der Waals surface area (Å²) in [4.78, 5) is 8.98. The average Bonchev–Trinajstić information content (AvgIpc) is 2.41. The number of hydrogen-bond acceptors (Lipinski definition) is 4. The quantitative estimate of drug-likeness (QED) is 0.876. The highest BCUT2D eigenvalue weighted by Crippen LogP contribution is 2.20. The van der Waals surface area contributed by atoms with Crippen molar-refractivity contribution in [1.82, 2.24) is 9.97 Å². The lowest BCUT2D eigenvalue weighted by atomic mass is 10.2. The third-order valence-corrected chi connectivity index (χ3v) is 2.84. The van der Waals surface area contributed by atoms with E-state index in [1.54, 1.807) is 0 Å². The molecular weight excluding hydrogens is 236 g/mol. The van der Waals surface area contributed by atoms with E-state index in [4.69, 9.17) is 0 Å². The predicted octanol–water partition coefficient (Wildman–Crippen LogP) is 3.69. The second kappa shape index (κ2) is 5.69. The van der Waals surface area contributed by atoms with Crippen molar-refractivity contribution in [2.24, 2.45) is 0 Å². The fourth-order valence-electron chi connectivity index (χ4n) is 1.70. The first-order chi connectivity index (χ1) is 9.08. The van der Waals surface area contributed by atoms with Crippen molar-refractivity contribution >= 4 is 17.3 Å². The Morgan fingerprint density at radius 2 is 1.63 bits per heavy atom. The van der Waals surface area contributed by atoms with E-state index in [9.17, 15) is 0 Å². The van der Waals surface area contributed by atoms with E-state index >= 15 is 0 Å². The van der Waals surface area contributed by atoms with Crippen LogP contribution in [0.5, 0.6) is 0 Å². The highest BCUT2D eigenvalue weighted by molar-refractivity contribution is 5.59. The highest BCUT2D eigenvalue weighted by atomic mass is 15.1. The van der Waals surface area contributed by atoms with Crippen LogP contribution in [0.25, 0.3) is 0 Å². The van der Waals surface area contributed by atoms with Gasteiger partial charge < -0.3 is 10.6 Å². The molecule has 0 aliphatic carbocycles. The third kappa shape index (κ3) is 3.44. The van der Waals surface area contributed by atoms with Crippen LogP contribution in [-0.2, 0) is 0 Å². The first-order valence-electron chi connectivity index (χ1n) is 6.49. The summed E-state index contributed by atoms with van der Waals surface area (Å²) < 4.78 is 0. The minimum absolute atomic E-state index is 0.298. The molecule has 0 bridgehead atoms. The van der Waals surface area contributed by atoms with Gasteiger partial charge in [-0.3, -0.25) is 0 Å². The summed E-state index contributed by atoms with van der Waals surface area (Å²) >= 11 is 0. The SMILES string of the molecule is CNc1cc(Nc2ccc(C)cc2)nc(C(C)C)n1. The molecular formula is C15H20N4. The lowest BCUT2D eigenvalue weighted by Crippen LogP contribution is -2.05. The van der Waals surface area contributed by atoms with E-state index < -0.39 is 0 Å². The monoisotopic (exact) mass is 256 g/mol. The number of aryl methyl sites for hydroxylation is 1. The Bertz CT molecular complexity index is 547. The summed E-state index contributed by atoms with van der Waals surface area (Å²) in [6.45, 7) is 6.25.